The number of carbonyl (C=O) groups excluding carboxylic acids is 2. The number of aliphatic hydroxyl groups excluding tert-OH is 1. The number of aromatic hydroxyl groups is 1. The molecule has 1 fully saturated rings. The second kappa shape index (κ2) is 9.62. The van der Waals surface area contributed by atoms with Gasteiger partial charge in [-0.3, -0.25) is 14.5 Å². The molecule has 3 aromatic carbocycles. The number of rotatable bonds is 6. The molecular weight excluding hydrogens is 449 g/mol. The van der Waals surface area contributed by atoms with E-state index in [9.17, 15) is 24.2 Å². The summed E-state index contributed by atoms with van der Waals surface area (Å²) >= 11 is 0. The third kappa shape index (κ3) is 4.49. The van der Waals surface area contributed by atoms with E-state index in [1.807, 2.05) is 20.8 Å². The molecule has 3 aromatic rings. The Labute approximate surface area is 202 Å². The number of Topliss-reactive ketones (excluding diaryl/α,β-unsaturated/α-hetero) is 1. The zero-order chi connectivity index (χ0) is 25.3. The second-order valence-electron chi connectivity index (χ2n) is 8.58. The molecule has 1 amide bonds. The van der Waals surface area contributed by atoms with Crippen LogP contribution in [0.2, 0.25) is 0 Å². The van der Waals surface area contributed by atoms with Crippen LogP contribution in [-0.2, 0) is 9.59 Å². The number of halogens is 1. The molecular formula is C28H26FNO5. The number of amides is 1. The standard InChI is InChI=1S/C28H26FNO5/c1-4-35-23-13-10-18(14-22(23)16(2)3)26(32)24-25(17-8-11-21(31)12-9-17)30(28(34)27(24)33)20-7-5-6-19(29)15-20/h5-16,25,31-32H,4H2,1-3H3/b26-24-. The number of carbonyl (C=O) groups is 2. The molecule has 1 unspecified atom stereocenters. The van der Waals surface area contributed by atoms with E-state index < -0.39 is 23.5 Å². The molecule has 0 bridgehead atoms. The summed E-state index contributed by atoms with van der Waals surface area (Å²) < 4.78 is 19.7. The van der Waals surface area contributed by atoms with Crippen molar-refractivity contribution in [1.29, 1.82) is 0 Å². The maximum atomic E-state index is 14.0. The molecule has 0 radical (unpaired) electrons. The SMILES string of the molecule is CCOc1ccc(/C(O)=C2/C(=O)C(=O)N(c3cccc(F)c3)C2c2ccc(O)cc2)cc1C(C)C. The second-order valence-corrected chi connectivity index (χ2v) is 8.58. The average Bonchev–Trinajstić information content (AvgIpc) is 3.10. The molecule has 0 saturated carbocycles. The lowest BCUT2D eigenvalue weighted by atomic mass is 9.93. The molecule has 2 N–H and O–H groups in total. The summed E-state index contributed by atoms with van der Waals surface area (Å²) in [6, 6.07) is 15.4. The Morgan fingerprint density at radius 3 is 2.40 bits per heavy atom. The number of ketones is 1. The molecule has 0 aromatic heterocycles. The van der Waals surface area contributed by atoms with E-state index in [4.69, 9.17) is 4.74 Å². The molecule has 0 aliphatic carbocycles. The fraction of sp³-hybridized carbons (Fsp3) is 0.214. The van der Waals surface area contributed by atoms with E-state index >= 15 is 0 Å². The summed E-state index contributed by atoms with van der Waals surface area (Å²) in [5.74, 6) is -1.92. The van der Waals surface area contributed by atoms with Gasteiger partial charge in [0.1, 0.15) is 23.1 Å². The van der Waals surface area contributed by atoms with Crippen molar-refractivity contribution in [3.05, 3.63) is 94.8 Å². The Morgan fingerprint density at radius 1 is 1.06 bits per heavy atom. The van der Waals surface area contributed by atoms with Crippen LogP contribution in [-0.4, -0.2) is 28.5 Å². The van der Waals surface area contributed by atoms with Gasteiger partial charge in [0.05, 0.1) is 18.2 Å². The Kier molecular flexibility index (Phi) is 6.60. The van der Waals surface area contributed by atoms with Gasteiger partial charge in [0.2, 0.25) is 0 Å². The largest absolute Gasteiger partial charge is 0.508 e. The first-order valence-electron chi connectivity index (χ1n) is 11.4. The van der Waals surface area contributed by atoms with Gasteiger partial charge in [-0.2, -0.15) is 0 Å². The fourth-order valence-corrected chi connectivity index (χ4v) is 4.29. The smallest absolute Gasteiger partial charge is 0.300 e. The van der Waals surface area contributed by atoms with E-state index in [-0.39, 0.29) is 28.7 Å². The molecule has 1 aliphatic rings. The molecule has 4 rings (SSSR count). The quantitative estimate of drug-likeness (QED) is 0.272. The first kappa shape index (κ1) is 24.0. The van der Waals surface area contributed by atoms with Crippen LogP contribution in [0.25, 0.3) is 5.76 Å². The highest BCUT2D eigenvalue weighted by Gasteiger charge is 2.47. The van der Waals surface area contributed by atoms with E-state index in [1.165, 1.54) is 35.2 Å². The maximum Gasteiger partial charge on any atom is 0.300 e. The van der Waals surface area contributed by atoms with Gasteiger partial charge >= 0.3 is 0 Å². The van der Waals surface area contributed by atoms with Gasteiger partial charge in [-0.05, 0) is 72.5 Å². The number of phenolic OH excluding ortho intramolecular Hbond substituents is 1. The Balaban J connectivity index is 1.93. The average molecular weight is 476 g/mol. The molecule has 1 aliphatic heterocycles. The zero-order valence-electron chi connectivity index (χ0n) is 19.7. The lowest BCUT2D eigenvalue weighted by molar-refractivity contribution is -0.132. The maximum absolute atomic E-state index is 14.0. The first-order chi connectivity index (χ1) is 16.7. The zero-order valence-corrected chi connectivity index (χ0v) is 19.7. The van der Waals surface area contributed by atoms with Gasteiger partial charge in [-0.15, -0.1) is 0 Å². The number of anilines is 1. The van der Waals surface area contributed by atoms with Gasteiger partial charge in [0, 0.05) is 11.3 Å². The summed E-state index contributed by atoms with van der Waals surface area (Å²) in [5, 5.41) is 21.1. The number of nitrogens with zero attached hydrogens (tertiary/aromatic N) is 1. The Morgan fingerprint density at radius 2 is 1.77 bits per heavy atom. The lowest BCUT2D eigenvalue weighted by Crippen LogP contribution is -2.29. The topological polar surface area (TPSA) is 87.1 Å². The van der Waals surface area contributed by atoms with E-state index in [0.29, 0.717) is 23.5 Å². The van der Waals surface area contributed by atoms with Gasteiger partial charge in [-0.25, -0.2) is 4.39 Å². The highest BCUT2D eigenvalue weighted by atomic mass is 19.1. The summed E-state index contributed by atoms with van der Waals surface area (Å²) in [6.07, 6.45) is 0. The third-order valence-electron chi connectivity index (χ3n) is 5.94. The number of ether oxygens (including phenoxy) is 1. The van der Waals surface area contributed by atoms with E-state index in [0.717, 1.165) is 11.6 Å². The van der Waals surface area contributed by atoms with Crippen molar-refractivity contribution < 1.29 is 28.9 Å². The number of benzene rings is 3. The third-order valence-corrected chi connectivity index (χ3v) is 5.94. The van der Waals surface area contributed by atoms with Crippen LogP contribution in [0.4, 0.5) is 10.1 Å². The Hall–Kier alpha value is -4.13. The highest BCUT2D eigenvalue weighted by molar-refractivity contribution is 6.51. The summed E-state index contributed by atoms with van der Waals surface area (Å²) in [5.41, 5.74) is 1.74. The minimum absolute atomic E-state index is 0.00421. The van der Waals surface area contributed by atoms with E-state index in [2.05, 4.69) is 0 Å². The number of aliphatic hydroxyl groups is 1. The molecule has 7 heteroatoms. The lowest BCUT2D eigenvalue weighted by Gasteiger charge is -2.25. The molecule has 6 nitrogen and oxygen atoms in total. The van der Waals surface area contributed by atoms with Crippen LogP contribution in [0.1, 0.15) is 49.4 Å². The highest BCUT2D eigenvalue weighted by Crippen LogP contribution is 2.43. The number of hydrogen-bond acceptors (Lipinski definition) is 5. The molecule has 35 heavy (non-hydrogen) atoms. The predicted molar refractivity (Wildman–Crippen MR) is 131 cm³/mol. The van der Waals surface area contributed by atoms with Crippen molar-refractivity contribution >= 4 is 23.1 Å². The van der Waals surface area contributed by atoms with Crippen molar-refractivity contribution in [2.45, 2.75) is 32.7 Å². The molecule has 0 spiro atoms. The molecule has 180 valence electrons. The minimum atomic E-state index is -1.02. The summed E-state index contributed by atoms with van der Waals surface area (Å²) in [6.45, 7) is 6.33. The summed E-state index contributed by atoms with van der Waals surface area (Å²) in [4.78, 5) is 27.6. The van der Waals surface area contributed by atoms with Crippen molar-refractivity contribution in [1.82, 2.24) is 0 Å². The fourth-order valence-electron chi connectivity index (χ4n) is 4.29. The van der Waals surface area contributed by atoms with Crippen LogP contribution in [0, 0.1) is 5.82 Å². The minimum Gasteiger partial charge on any atom is -0.508 e. The first-order valence-corrected chi connectivity index (χ1v) is 11.4. The molecule has 1 saturated heterocycles. The van der Waals surface area contributed by atoms with Gasteiger partial charge < -0.3 is 14.9 Å². The van der Waals surface area contributed by atoms with Crippen LogP contribution in [0.3, 0.4) is 0 Å². The monoisotopic (exact) mass is 475 g/mol. The van der Waals surface area contributed by atoms with Crippen molar-refractivity contribution in [3.8, 4) is 11.5 Å². The van der Waals surface area contributed by atoms with Crippen LogP contribution in [0.15, 0.2) is 72.3 Å². The normalized spacial score (nSPS) is 17.3. The van der Waals surface area contributed by atoms with Crippen molar-refractivity contribution in [2.24, 2.45) is 0 Å². The van der Waals surface area contributed by atoms with Crippen LogP contribution in [0.5, 0.6) is 11.5 Å². The number of phenols is 1. The Bertz CT molecular complexity index is 1310. The van der Waals surface area contributed by atoms with E-state index in [1.54, 1.807) is 30.3 Å². The van der Waals surface area contributed by atoms with Crippen LogP contribution < -0.4 is 9.64 Å². The van der Waals surface area contributed by atoms with Gasteiger partial charge in [0.25, 0.3) is 11.7 Å². The van der Waals surface area contributed by atoms with Gasteiger partial charge in [-0.1, -0.05) is 32.0 Å². The predicted octanol–water partition coefficient (Wildman–Crippen LogP) is 5.68. The summed E-state index contributed by atoms with van der Waals surface area (Å²) in [7, 11) is 0. The van der Waals surface area contributed by atoms with Crippen molar-refractivity contribution in [3.63, 3.8) is 0 Å². The van der Waals surface area contributed by atoms with Gasteiger partial charge in [0.15, 0.2) is 0 Å². The van der Waals surface area contributed by atoms with Crippen LogP contribution >= 0.6 is 0 Å². The van der Waals surface area contributed by atoms with Crippen molar-refractivity contribution in [2.75, 3.05) is 11.5 Å². The molecule has 1 heterocycles. The number of hydrogen-bond donors (Lipinski definition) is 2. The molecule has 1 atom stereocenters.